The van der Waals surface area contributed by atoms with Crippen molar-refractivity contribution in [1.29, 1.82) is 0 Å². The Bertz CT molecular complexity index is 928. The third kappa shape index (κ3) is 33.0. The number of aliphatic hydroxyl groups is 1. The number of hydrogen-bond acceptors (Lipinski definition) is 5. The zero-order chi connectivity index (χ0) is 35.8. The number of phosphoric acid groups is 1. The standard InChI is InChI=1S/C39H73N2O6P/c1-6-8-10-12-14-16-18-20-22-24-26-28-30-32-38(42)37(36-47-48(44,45)46-35-34-41(3,4)5)40-39(43)33-31-29-27-25-23-21-19-17-15-13-11-9-7-2/h14,16,21-24,30,32,37-38,42H,6-13,15,17-20,25-29,31,33-36H2,1-5H3,(H-,40,43,44,45)/p+1/b16-14+,23-21-,24-22+,32-30+. The second-order valence-corrected chi connectivity index (χ2v) is 15.4. The highest BCUT2D eigenvalue weighted by Crippen LogP contribution is 2.43. The summed E-state index contributed by atoms with van der Waals surface area (Å²) in [6.45, 7) is 4.69. The molecule has 3 atom stereocenters. The fraction of sp³-hybridized carbons (Fsp3) is 0.769. The molecule has 0 rings (SSSR count). The lowest BCUT2D eigenvalue weighted by molar-refractivity contribution is -0.870. The quantitative estimate of drug-likeness (QED) is 0.0273. The summed E-state index contributed by atoms with van der Waals surface area (Å²) in [4.78, 5) is 22.9. The largest absolute Gasteiger partial charge is 0.472 e. The van der Waals surface area contributed by atoms with Gasteiger partial charge in [-0.2, -0.15) is 0 Å². The average Bonchev–Trinajstić information content (AvgIpc) is 3.02. The number of phosphoric ester groups is 1. The molecule has 1 amide bonds. The lowest BCUT2D eigenvalue weighted by Crippen LogP contribution is -2.45. The Kier molecular flexibility index (Phi) is 30.4. The van der Waals surface area contributed by atoms with Crippen LogP contribution in [-0.4, -0.2) is 73.4 Å². The molecular weight excluding hydrogens is 623 g/mol. The van der Waals surface area contributed by atoms with Crippen LogP contribution >= 0.6 is 7.82 Å². The van der Waals surface area contributed by atoms with E-state index in [1.54, 1.807) is 6.08 Å². The molecule has 9 heteroatoms. The third-order valence-electron chi connectivity index (χ3n) is 8.00. The minimum atomic E-state index is -4.34. The van der Waals surface area contributed by atoms with Crippen LogP contribution in [0.25, 0.3) is 0 Å². The van der Waals surface area contributed by atoms with Gasteiger partial charge in [-0.15, -0.1) is 0 Å². The number of carbonyl (C=O) groups is 1. The van der Waals surface area contributed by atoms with E-state index in [1.165, 1.54) is 57.8 Å². The van der Waals surface area contributed by atoms with Gasteiger partial charge in [-0.05, 0) is 70.6 Å². The highest BCUT2D eigenvalue weighted by Gasteiger charge is 2.27. The monoisotopic (exact) mass is 698 g/mol. The van der Waals surface area contributed by atoms with Crippen LogP contribution in [0.1, 0.15) is 142 Å². The first kappa shape index (κ1) is 46.5. The number of hydrogen-bond donors (Lipinski definition) is 3. The molecule has 0 aliphatic rings. The van der Waals surface area contributed by atoms with E-state index in [0.717, 1.165) is 64.2 Å². The fourth-order valence-electron chi connectivity index (χ4n) is 4.89. The van der Waals surface area contributed by atoms with Gasteiger partial charge in [0.05, 0.1) is 39.9 Å². The van der Waals surface area contributed by atoms with Crippen LogP contribution in [0.5, 0.6) is 0 Å². The Balaban J connectivity index is 4.67. The fourth-order valence-corrected chi connectivity index (χ4v) is 5.62. The predicted octanol–water partition coefficient (Wildman–Crippen LogP) is 9.74. The second-order valence-electron chi connectivity index (χ2n) is 13.9. The number of aliphatic hydroxyl groups excluding tert-OH is 1. The molecule has 8 nitrogen and oxygen atoms in total. The first-order valence-electron chi connectivity index (χ1n) is 19.0. The summed E-state index contributed by atoms with van der Waals surface area (Å²) in [6, 6.07) is -0.874. The maximum absolute atomic E-state index is 12.8. The molecule has 48 heavy (non-hydrogen) atoms. The molecule has 0 fully saturated rings. The van der Waals surface area contributed by atoms with Crippen LogP contribution in [-0.2, 0) is 18.4 Å². The summed E-state index contributed by atoms with van der Waals surface area (Å²) in [7, 11) is 1.53. The molecule has 280 valence electrons. The van der Waals surface area contributed by atoms with Gasteiger partial charge in [-0.3, -0.25) is 13.8 Å². The molecular formula is C39H74N2O6P+. The van der Waals surface area contributed by atoms with Gasteiger partial charge in [0.1, 0.15) is 13.2 Å². The number of unbranched alkanes of at least 4 members (excludes halogenated alkanes) is 14. The van der Waals surface area contributed by atoms with Gasteiger partial charge in [-0.1, -0.05) is 114 Å². The molecule has 0 aromatic rings. The topological polar surface area (TPSA) is 105 Å². The Labute approximate surface area is 295 Å². The number of quaternary nitrogens is 1. The van der Waals surface area contributed by atoms with Crippen LogP contribution in [0, 0.1) is 0 Å². The molecule has 0 saturated carbocycles. The number of amides is 1. The smallest absolute Gasteiger partial charge is 0.387 e. The number of allylic oxidation sites excluding steroid dienone is 7. The van der Waals surface area contributed by atoms with Gasteiger partial charge >= 0.3 is 7.82 Å². The Morgan fingerprint density at radius 3 is 1.71 bits per heavy atom. The summed E-state index contributed by atoms with van der Waals surface area (Å²) >= 11 is 0. The van der Waals surface area contributed by atoms with E-state index < -0.39 is 20.0 Å². The number of nitrogens with one attached hydrogen (secondary N) is 1. The molecule has 0 heterocycles. The van der Waals surface area contributed by atoms with Crippen LogP contribution < -0.4 is 5.32 Å². The van der Waals surface area contributed by atoms with Gasteiger partial charge in [0.2, 0.25) is 5.91 Å². The Hall–Kier alpha value is -1.54. The average molecular weight is 698 g/mol. The number of carbonyl (C=O) groups excluding carboxylic acids is 1. The van der Waals surface area contributed by atoms with E-state index in [4.69, 9.17) is 9.05 Å². The molecule has 3 N–H and O–H groups in total. The van der Waals surface area contributed by atoms with Crippen molar-refractivity contribution in [3.8, 4) is 0 Å². The van der Waals surface area contributed by atoms with E-state index in [2.05, 4.69) is 55.6 Å². The SMILES string of the molecule is CCCCC/C=C/CC/C=C/CC/C=C/C(O)C(COP(=O)(O)OCC[N+](C)(C)C)NC(=O)CCCCC/C=C\CCCCCCCC. The van der Waals surface area contributed by atoms with Crippen molar-refractivity contribution in [2.75, 3.05) is 40.9 Å². The molecule has 0 aliphatic carbocycles. The lowest BCUT2D eigenvalue weighted by atomic mass is 10.1. The third-order valence-corrected chi connectivity index (χ3v) is 8.98. The molecule has 0 saturated heterocycles. The normalized spacial score (nSPS) is 15.2. The van der Waals surface area contributed by atoms with Crippen LogP contribution in [0.2, 0.25) is 0 Å². The second kappa shape index (κ2) is 31.4. The maximum Gasteiger partial charge on any atom is 0.472 e. The molecule has 0 aromatic carbocycles. The summed E-state index contributed by atoms with van der Waals surface area (Å²) in [5.74, 6) is -0.212. The first-order chi connectivity index (χ1) is 23.0. The maximum atomic E-state index is 12.8. The number of rotatable bonds is 33. The van der Waals surface area contributed by atoms with Gasteiger partial charge < -0.3 is 19.8 Å². The van der Waals surface area contributed by atoms with E-state index in [9.17, 15) is 19.4 Å². The molecule has 0 radical (unpaired) electrons. The summed E-state index contributed by atoms with van der Waals surface area (Å²) in [6.07, 6.45) is 37.5. The van der Waals surface area contributed by atoms with Gasteiger partial charge in [0.25, 0.3) is 0 Å². The van der Waals surface area contributed by atoms with Crippen LogP contribution in [0.4, 0.5) is 0 Å². The summed E-state index contributed by atoms with van der Waals surface area (Å²) in [5, 5.41) is 13.7. The molecule has 0 aromatic heterocycles. The van der Waals surface area contributed by atoms with Gasteiger partial charge in [-0.25, -0.2) is 4.57 Å². The van der Waals surface area contributed by atoms with Gasteiger partial charge in [0, 0.05) is 6.42 Å². The number of likely N-dealkylation sites (N-methyl/N-ethyl adjacent to an activating group) is 1. The Morgan fingerprint density at radius 2 is 1.15 bits per heavy atom. The van der Waals surface area contributed by atoms with Crippen LogP contribution in [0.15, 0.2) is 48.6 Å². The minimum Gasteiger partial charge on any atom is -0.387 e. The van der Waals surface area contributed by atoms with Crippen molar-refractivity contribution in [3.63, 3.8) is 0 Å². The predicted molar refractivity (Wildman–Crippen MR) is 203 cm³/mol. The lowest BCUT2D eigenvalue weighted by Gasteiger charge is -2.25. The minimum absolute atomic E-state index is 0.0494. The highest BCUT2D eigenvalue weighted by molar-refractivity contribution is 7.47. The molecule has 0 bridgehead atoms. The zero-order valence-corrected chi connectivity index (χ0v) is 32.4. The highest BCUT2D eigenvalue weighted by atomic mass is 31.2. The van der Waals surface area contributed by atoms with E-state index >= 15 is 0 Å². The van der Waals surface area contributed by atoms with Gasteiger partial charge in [0.15, 0.2) is 0 Å². The van der Waals surface area contributed by atoms with Crippen LogP contribution in [0.3, 0.4) is 0 Å². The van der Waals surface area contributed by atoms with Crippen molar-refractivity contribution in [2.24, 2.45) is 0 Å². The first-order valence-corrected chi connectivity index (χ1v) is 20.5. The van der Waals surface area contributed by atoms with Crippen molar-refractivity contribution >= 4 is 13.7 Å². The van der Waals surface area contributed by atoms with Crippen molar-refractivity contribution < 1.29 is 32.9 Å². The van der Waals surface area contributed by atoms with Crippen molar-refractivity contribution in [2.45, 2.75) is 154 Å². The molecule has 0 aliphatic heterocycles. The van der Waals surface area contributed by atoms with E-state index in [0.29, 0.717) is 17.4 Å². The number of nitrogens with zero attached hydrogens (tertiary/aromatic N) is 1. The van der Waals surface area contributed by atoms with E-state index in [-0.39, 0.29) is 19.1 Å². The van der Waals surface area contributed by atoms with E-state index in [1.807, 2.05) is 27.2 Å². The van der Waals surface area contributed by atoms with Crippen molar-refractivity contribution in [1.82, 2.24) is 5.32 Å². The zero-order valence-electron chi connectivity index (χ0n) is 31.5. The summed E-state index contributed by atoms with van der Waals surface area (Å²) < 4.78 is 23.4. The molecule has 0 spiro atoms. The summed E-state index contributed by atoms with van der Waals surface area (Å²) in [5.41, 5.74) is 0. The molecule has 3 unspecified atom stereocenters. The Morgan fingerprint density at radius 1 is 0.688 bits per heavy atom. The van der Waals surface area contributed by atoms with Crippen molar-refractivity contribution in [3.05, 3.63) is 48.6 Å².